The first kappa shape index (κ1) is 12.9. The Hall–Kier alpha value is -1.53. The van der Waals surface area contributed by atoms with Gasteiger partial charge in [-0.3, -0.25) is 0 Å². The van der Waals surface area contributed by atoms with Crippen LogP contribution in [0.3, 0.4) is 0 Å². The minimum absolute atomic E-state index is 0.271. The lowest BCUT2D eigenvalue weighted by molar-refractivity contribution is 0.254. The number of aryl methyl sites for hydroxylation is 1. The lowest BCUT2D eigenvalue weighted by Gasteiger charge is -2.23. The molecule has 1 aliphatic carbocycles. The van der Waals surface area contributed by atoms with Crippen molar-refractivity contribution in [3.63, 3.8) is 0 Å². The Bertz CT molecular complexity index is 452. The van der Waals surface area contributed by atoms with Gasteiger partial charge in [-0.05, 0) is 49.8 Å². The van der Waals surface area contributed by atoms with Crippen LogP contribution in [0, 0.1) is 24.2 Å². The third-order valence-electron chi connectivity index (χ3n) is 3.80. The van der Waals surface area contributed by atoms with Gasteiger partial charge in [0.25, 0.3) is 0 Å². The van der Waals surface area contributed by atoms with Crippen LogP contribution in [0.4, 0.5) is 0 Å². The van der Waals surface area contributed by atoms with E-state index in [-0.39, 0.29) is 5.92 Å². The molecule has 2 atom stereocenters. The number of nitriles is 1. The Kier molecular flexibility index (Phi) is 3.88. The minimum atomic E-state index is -0.629. The highest BCUT2D eigenvalue weighted by Crippen LogP contribution is 2.35. The summed E-state index contributed by atoms with van der Waals surface area (Å²) in [5, 5.41) is 9.13. The van der Waals surface area contributed by atoms with Gasteiger partial charge in [0, 0.05) is 0 Å². The number of rotatable bonds is 4. The number of ether oxygens (including phenoxy) is 1. The van der Waals surface area contributed by atoms with Crippen molar-refractivity contribution in [3.8, 4) is 11.8 Å². The molecule has 0 spiro atoms. The quantitative estimate of drug-likeness (QED) is 0.886. The summed E-state index contributed by atoms with van der Waals surface area (Å²) in [4.78, 5) is 0. The van der Waals surface area contributed by atoms with E-state index in [1.165, 1.54) is 5.56 Å². The van der Waals surface area contributed by atoms with Crippen molar-refractivity contribution < 1.29 is 4.74 Å². The molecule has 0 aromatic heterocycles. The Morgan fingerprint density at radius 3 is 3.11 bits per heavy atom. The highest BCUT2D eigenvalue weighted by atomic mass is 16.5. The molecule has 2 N–H and O–H groups in total. The van der Waals surface area contributed by atoms with Gasteiger partial charge in [0.2, 0.25) is 0 Å². The highest BCUT2D eigenvalue weighted by Gasteiger charge is 2.39. The largest absolute Gasteiger partial charge is 0.494 e. The molecule has 0 aliphatic heterocycles. The number of benzene rings is 1. The SMILES string of the molecule is Cc1cccc(OCCC2CCCC2(N)C#N)c1. The summed E-state index contributed by atoms with van der Waals surface area (Å²) in [5.74, 6) is 1.17. The molecule has 0 bridgehead atoms. The minimum Gasteiger partial charge on any atom is -0.494 e. The van der Waals surface area contributed by atoms with E-state index in [2.05, 4.69) is 6.07 Å². The second kappa shape index (κ2) is 5.41. The molecule has 1 aliphatic rings. The molecule has 1 saturated carbocycles. The van der Waals surface area contributed by atoms with E-state index < -0.39 is 5.54 Å². The first-order valence-corrected chi connectivity index (χ1v) is 6.54. The first-order valence-electron chi connectivity index (χ1n) is 6.54. The number of nitrogens with two attached hydrogens (primary N) is 1. The van der Waals surface area contributed by atoms with E-state index in [4.69, 9.17) is 15.7 Å². The van der Waals surface area contributed by atoms with Gasteiger partial charge in [-0.25, -0.2) is 0 Å². The summed E-state index contributed by atoms with van der Waals surface area (Å²) in [6.45, 7) is 2.68. The standard InChI is InChI=1S/C15H20N2O/c1-12-4-2-6-14(10-12)18-9-7-13-5-3-8-15(13,17)11-16/h2,4,6,10,13H,3,5,7-9,17H2,1H3. The number of nitrogens with zero attached hydrogens (tertiary/aromatic N) is 1. The Morgan fingerprint density at radius 1 is 1.56 bits per heavy atom. The summed E-state index contributed by atoms with van der Waals surface area (Å²) in [6, 6.07) is 10.3. The van der Waals surface area contributed by atoms with Crippen LogP contribution >= 0.6 is 0 Å². The van der Waals surface area contributed by atoms with Crippen molar-refractivity contribution >= 4 is 0 Å². The molecule has 3 heteroatoms. The zero-order chi connectivity index (χ0) is 13.0. The lowest BCUT2D eigenvalue weighted by atomic mass is 9.87. The van der Waals surface area contributed by atoms with Gasteiger partial charge in [0.1, 0.15) is 11.3 Å². The molecule has 96 valence electrons. The molecule has 0 saturated heterocycles. The van der Waals surface area contributed by atoms with E-state index in [1.54, 1.807) is 0 Å². The topological polar surface area (TPSA) is 59.0 Å². The first-order chi connectivity index (χ1) is 8.64. The molecule has 1 fully saturated rings. The third-order valence-corrected chi connectivity index (χ3v) is 3.80. The van der Waals surface area contributed by atoms with Crippen molar-refractivity contribution in [2.45, 2.75) is 38.1 Å². The van der Waals surface area contributed by atoms with Gasteiger partial charge < -0.3 is 10.5 Å². The van der Waals surface area contributed by atoms with Crippen LogP contribution in [0.2, 0.25) is 0 Å². The van der Waals surface area contributed by atoms with Crippen LogP contribution in [0.15, 0.2) is 24.3 Å². The second-order valence-corrected chi connectivity index (χ2v) is 5.19. The maximum Gasteiger partial charge on any atom is 0.119 e. The van der Waals surface area contributed by atoms with Gasteiger partial charge >= 0.3 is 0 Å². The lowest BCUT2D eigenvalue weighted by Crippen LogP contribution is -2.42. The molecule has 0 radical (unpaired) electrons. The van der Waals surface area contributed by atoms with Gasteiger partial charge in [-0.1, -0.05) is 18.6 Å². The van der Waals surface area contributed by atoms with Gasteiger partial charge in [0.15, 0.2) is 0 Å². The molecule has 2 unspecified atom stereocenters. The van der Waals surface area contributed by atoms with Crippen molar-refractivity contribution in [1.29, 1.82) is 5.26 Å². The van der Waals surface area contributed by atoms with Gasteiger partial charge in [0.05, 0.1) is 12.7 Å². The molecule has 2 rings (SSSR count). The second-order valence-electron chi connectivity index (χ2n) is 5.19. The van der Waals surface area contributed by atoms with E-state index in [1.807, 2.05) is 31.2 Å². The Balaban J connectivity index is 1.84. The molecule has 1 aromatic carbocycles. The van der Waals surface area contributed by atoms with Crippen LogP contribution in [0.1, 0.15) is 31.2 Å². The maximum atomic E-state index is 9.13. The third kappa shape index (κ3) is 2.83. The van der Waals surface area contributed by atoms with Crippen LogP contribution in [0.25, 0.3) is 0 Å². The van der Waals surface area contributed by atoms with Gasteiger partial charge in [-0.2, -0.15) is 5.26 Å². The number of hydrogen-bond acceptors (Lipinski definition) is 3. The average Bonchev–Trinajstić information content (AvgIpc) is 2.72. The molecular weight excluding hydrogens is 224 g/mol. The number of hydrogen-bond donors (Lipinski definition) is 1. The molecule has 18 heavy (non-hydrogen) atoms. The van der Waals surface area contributed by atoms with Crippen molar-refractivity contribution in [2.24, 2.45) is 11.7 Å². The van der Waals surface area contributed by atoms with Crippen molar-refractivity contribution in [3.05, 3.63) is 29.8 Å². The smallest absolute Gasteiger partial charge is 0.119 e. The summed E-state index contributed by atoms with van der Waals surface area (Å²) < 4.78 is 5.72. The summed E-state index contributed by atoms with van der Waals surface area (Å²) in [5.41, 5.74) is 6.65. The maximum absolute atomic E-state index is 9.13. The molecule has 0 amide bonds. The fourth-order valence-corrected chi connectivity index (χ4v) is 2.68. The van der Waals surface area contributed by atoms with Gasteiger partial charge in [-0.15, -0.1) is 0 Å². The van der Waals surface area contributed by atoms with Crippen LogP contribution in [-0.2, 0) is 0 Å². The summed E-state index contributed by atoms with van der Waals surface area (Å²) in [6.07, 6.45) is 3.77. The normalized spacial score (nSPS) is 26.8. The van der Waals surface area contributed by atoms with E-state index in [0.717, 1.165) is 31.4 Å². The van der Waals surface area contributed by atoms with E-state index in [0.29, 0.717) is 6.61 Å². The fourth-order valence-electron chi connectivity index (χ4n) is 2.68. The van der Waals surface area contributed by atoms with Crippen LogP contribution in [0.5, 0.6) is 5.75 Å². The Morgan fingerprint density at radius 2 is 2.39 bits per heavy atom. The average molecular weight is 244 g/mol. The predicted molar refractivity (Wildman–Crippen MR) is 71.2 cm³/mol. The summed E-state index contributed by atoms with van der Waals surface area (Å²) >= 11 is 0. The van der Waals surface area contributed by atoms with Crippen molar-refractivity contribution in [2.75, 3.05) is 6.61 Å². The fraction of sp³-hybridized carbons (Fsp3) is 0.533. The van der Waals surface area contributed by atoms with E-state index in [9.17, 15) is 0 Å². The Labute approximate surface area is 109 Å². The monoisotopic (exact) mass is 244 g/mol. The molecule has 0 heterocycles. The van der Waals surface area contributed by atoms with Crippen molar-refractivity contribution in [1.82, 2.24) is 0 Å². The van der Waals surface area contributed by atoms with E-state index >= 15 is 0 Å². The highest BCUT2D eigenvalue weighted by molar-refractivity contribution is 5.27. The van der Waals surface area contributed by atoms with Crippen LogP contribution in [-0.4, -0.2) is 12.1 Å². The summed E-state index contributed by atoms with van der Waals surface area (Å²) in [7, 11) is 0. The zero-order valence-corrected chi connectivity index (χ0v) is 10.9. The molecule has 3 nitrogen and oxygen atoms in total. The molecule has 1 aromatic rings. The zero-order valence-electron chi connectivity index (χ0n) is 10.9. The predicted octanol–water partition coefficient (Wildman–Crippen LogP) is 2.79. The van der Waals surface area contributed by atoms with Crippen LogP contribution < -0.4 is 10.5 Å². The molecular formula is C15H20N2O.